The molecule has 0 spiro atoms. The summed E-state index contributed by atoms with van der Waals surface area (Å²) in [6, 6.07) is -1.31. The minimum Gasteiger partial charge on any atom is -0.480 e. The van der Waals surface area contributed by atoms with Gasteiger partial charge in [0.1, 0.15) is 6.04 Å². The normalized spacial score (nSPS) is 24.2. The van der Waals surface area contributed by atoms with Crippen LogP contribution in [0.1, 0.15) is 13.3 Å². The summed E-state index contributed by atoms with van der Waals surface area (Å²) >= 11 is 1.53. The van der Waals surface area contributed by atoms with E-state index in [9.17, 15) is 9.59 Å². The third kappa shape index (κ3) is 5.18. The predicted octanol–water partition coefficient (Wildman–Crippen LogP) is -0.0161. The molecule has 20 heavy (non-hydrogen) atoms. The second kappa shape index (κ2) is 8.33. The van der Waals surface area contributed by atoms with Gasteiger partial charge in [0.15, 0.2) is 0 Å². The van der Waals surface area contributed by atoms with Crippen molar-refractivity contribution in [3.05, 3.63) is 0 Å². The van der Waals surface area contributed by atoms with Crippen molar-refractivity contribution in [1.82, 2.24) is 10.2 Å². The predicted molar refractivity (Wildman–Crippen MR) is 75.9 cm³/mol. The molecule has 2 unspecified atom stereocenters. The van der Waals surface area contributed by atoms with Crippen LogP contribution >= 0.6 is 11.8 Å². The van der Waals surface area contributed by atoms with Crippen molar-refractivity contribution < 1.29 is 24.5 Å². The molecule has 116 valence electrons. The highest BCUT2D eigenvalue weighted by Gasteiger charge is 2.30. The number of amides is 2. The van der Waals surface area contributed by atoms with Gasteiger partial charge in [-0.3, -0.25) is 0 Å². The number of nitrogens with zero attached hydrogens (tertiary/aromatic N) is 1. The Morgan fingerprint density at radius 1 is 1.50 bits per heavy atom. The molecular weight excluding hydrogens is 284 g/mol. The molecule has 3 atom stereocenters. The number of nitrogens with one attached hydrogen (secondary N) is 1. The molecule has 0 aromatic rings. The lowest BCUT2D eigenvalue weighted by Gasteiger charge is -2.36. The van der Waals surface area contributed by atoms with Gasteiger partial charge in [0.25, 0.3) is 0 Å². The smallest absolute Gasteiger partial charge is 0.326 e. The highest BCUT2D eigenvalue weighted by molar-refractivity contribution is 7.98. The Morgan fingerprint density at radius 3 is 2.75 bits per heavy atom. The zero-order chi connectivity index (χ0) is 15.1. The van der Waals surface area contributed by atoms with E-state index in [0.717, 1.165) is 0 Å². The second-order valence-electron chi connectivity index (χ2n) is 4.78. The number of hydrogen-bond acceptors (Lipinski definition) is 5. The third-order valence-corrected chi connectivity index (χ3v) is 3.67. The van der Waals surface area contributed by atoms with Gasteiger partial charge in [-0.05, 0) is 25.4 Å². The lowest BCUT2D eigenvalue weighted by molar-refractivity contribution is -0.139. The number of thioether (sulfide) groups is 1. The molecule has 0 aromatic carbocycles. The molecule has 0 aliphatic carbocycles. The van der Waals surface area contributed by atoms with Gasteiger partial charge in [0.05, 0.1) is 25.4 Å². The third-order valence-electron chi connectivity index (χ3n) is 3.02. The van der Waals surface area contributed by atoms with E-state index in [1.54, 1.807) is 0 Å². The Balaban J connectivity index is 2.56. The fourth-order valence-corrected chi connectivity index (χ4v) is 2.52. The van der Waals surface area contributed by atoms with Gasteiger partial charge >= 0.3 is 12.0 Å². The molecule has 1 aliphatic heterocycles. The van der Waals surface area contributed by atoms with E-state index >= 15 is 0 Å². The first-order chi connectivity index (χ1) is 9.47. The van der Waals surface area contributed by atoms with Gasteiger partial charge in [-0.25, -0.2) is 9.59 Å². The second-order valence-corrected chi connectivity index (χ2v) is 5.76. The Morgan fingerprint density at radius 2 is 2.20 bits per heavy atom. The van der Waals surface area contributed by atoms with E-state index < -0.39 is 24.1 Å². The zero-order valence-electron chi connectivity index (χ0n) is 11.7. The summed E-state index contributed by atoms with van der Waals surface area (Å²) in [5.74, 6) is -0.372. The Kier molecular flexibility index (Phi) is 7.11. The van der Waals surface area contributed by atoms with Crippen LogP contribution in [-0.4, -0.2) is 77.1 Å². The number of morpholine rings is 1. The number of carbonyl (C=O) groups excluding carboxylic acids is 1. The maximum absolute atomic E-state index is 12.1. The van der Waals surface area contributed by atoms with Gasteiger partial charge in [0, 0.05) is 6.54 Å². The topological polar surface area (TPSA) is 99.1 Å². The quantitative estimate of drug-likeness (QED) is 0.638. The highest BCUT2D eigenvalue weighted by Crippen LogP contribution is 2.11. The first kappa shape index (κ1) is 17.1. The van der Waals surface area contributed by atoms with Crippen LogP contribution in [-0.2, 0) is 9.53 Å². The maximum Gasteiger partial charge on any atom is 0.326 e. The number of rotatable bonds is 6. The Labute approximate surface area is 122 Å². The van der Waals surface area contributed by atoms with E-state index in [0.29, 0.717) is 18.7 Å². The fraction of sp³-hybridized carbons (Fsp3) is 0.833. The molecule has 8 heteroatoms. The SMILES string of the molecule is CSCC[C@@H](NC(=O)N1CC(C)OC(CO)C1)C(=O)O. The summed E-state index contributed by atoms with van der Waals surface area (Å²) in [6.45, 7) is 2.30. The average Bonchev–Trinajstić information content (AvgIpc) is 2.42. The van der Waals surface area contributed by atoms with Gasteiger partial charge < -0.3 is 25.2 Å². The number of aliphatic carboxylic acids is 1. The van der Waals surface area contributed by atoms with Gasteiger partial charge in [-0.2, -0.15) is 11.8 Å². The van der Waals surface area contributed by atoms with Crippen molar-refractivity contribution in [3.63, 3.8) is 0 Å². The number of urea groups is 1. The average molecular weight is 306 g/mol. The van der Waals surface area contributed by atoms with Gasteiger partial charge in [-0.15, -0.1) is 0 Å². The van der Waals surface area contributed by atoms with Crippen molar-refractivity contribution in [1.29, 1.82) is 0 Å². The minimum absolute atomic E-state index is 0.164. The molecule has 1 aliphatic rings. The van der Waals surface area contributed by atoms with Crippen molar-refractivity contribution in [2.24, 2.45) is 0 Å². The Bertz CT molecular complexity index is 342. The van der Waals surface area contributed by atoms with E-state index in [-0.39, 0.29) is 19.3 Å². The largest absolute Gasteiger partial charge is 0.480 e. The monoisotopic (exact) mass is 306 g/mol. The molecule has 3 N–H and O–H groups in total. The van der Waals surface area contributed by atoms with Crippen LogP contribution in [0.25, 0.3) is 0 Å². The van der Waals surface area contributed by atoms with Crippen molar-refractivity contribution >= 4 is 23.8 Å². The van der Waals surface area contributed by atoms with Gasteiger partial charge in [-0.1, -0.05) is 0 Å². The van der Waals surface area contributed by atoms with Crippen molar-refractivity contribution in [2.75, 3.05) is 31.7 Å². The molecule has 1 heterocycles. The number of carboxylic acid groups (broad SMARTS) is 1. The van der Waals surface area contributed by atoms with Crippen molar-refractivity contribution in [2.45, 2.75) is 31.6 Å². The molecule has 1 saturated heterocycles. The molecule has 1 rings (SSSR count). The van der Waals surface area contributed by atoms with Crippen LogP contribution in [0, 0.1) is 0 Å². The van der Waals surface area contributed by atoms with Crippen LogP contribution < -0.4 is 5.32 Å². The van der Waals surface area contributed by atoms with Crippen molar-refractivity contribution in [3.8, 4) is 0 Å². The van der Waals surface area contributed by atoms with Gasteiger partial charge in [0.2, 0.25) is 0 Å². The summed E-state index contributed by atoms with van der Waals surface area (Å²) in [7, 11) is 0. The van der Waals surface area contributed by atoms with E-state index in [2.05, 4.69) is 5.32 Å². The molecule has 0 bridgehead atoms. The molecule has 0 radical (unpaired) electrons. The molecular formula is C12H22N2O5S. The first-order valence-corrected chi connectivity index (χ1v) is 7.90. The lowest BCUT2D eigenvalue weighted by Crippen LogP contribution is -2.56. The summed E-state index contributed by atoms with van der Waals surface area (Å²) in [5, 5.41) is 20.7. The fourth-order valence-electron chi connectivity index (χ4n) is 2.05. The number of ether oxygens (including phenoxy) is 1. The lowest BCUT2D eigenvalue weighted by atomic mass is 10.2. The number of aliphatic hydroxyl groups is 1. The summed E-state index contributed by atoms with van der Waals surface area (Å²) in [6.07, 6.45) is 1.67. The zero-order valence-corrected chi connectivity index (χ0v) is 12.6. The van der Waals surface area contributed by atoms with E-state index in [1.165, 1.54) is 16.7 Å². The molecule has 2 amide bonds. The molecule has 0 saturated carbocycles. The maximum atomic E-state index is 12.1. The molecule has 0 aromatic heterocycles. The van der Waals surface area contributed by atoms with E-state index in [4.69, 9.17) is 14.9 Å². The van der Waals surface area contributed by atoms with Crippen LogP contribution in [0.2, 0.25) is 0 Å². The van der Waals surface area contributed by atoms with Crippen LogP contribution in [0.15, 0.2) is 0 Å². The van der Waals surface area contributed by atoms with Crippen LogP contribution in [0.5, 0.6) is 0 Å². The summed E-state index contributed by atoms with van der Waals surface area (Å²) < 4.78 is 5.44. The summed E-state index contributed by atoms with van der Waals surface area (Å²) in [4.78, 5) is 24.7. The Hall–Kier alpha value is -0.990. The van der Waals surface area contributed by atoms with Crippen LogP contribution in [0.4, 0.5) is 4.79 Å². The molecule has 7 nitrogen and oxygen atoms in total. The molecule has 1 fully saturated rings. The number of hydrogen-bond donors (Lipinski definition) is 3. The highest BCUT2D eigenvalue weighted by atomic mass is 32.2. The van der Waals surface area contributed by atoms with Crippen LogP contribution in [0.3, 0.4) is 0 Å². The summed E-state index contributed by atoms with van der Waals surface area (Å²) in [5.41, 5.74) is 0. The number of carboxylic acids is 1. The first-order valence-electron chi connectivity index (χ1n) is 6.51. The standard InChI is InChI=1S/C12H22N2O5S/c1-8-5-14(6-9(7-15)19-8)12(18)13-10(11(16)17)3-4-20-2/h8-10,15H,3-7H2,1-2H3,(H,13,18)(H,16,17)/t8?,9?,10-/m1/s1. The van der Waals surface area contributed by atoms with E-state index in [1.807, 2.05) is 13.2 Å². The number of carbonyl (C=O) groups is 2. The minimum atomic E-state index is -1.03. The number of aliphatic hydroxyl groups excluding tert-OH is 1.